The van der Waals surface area contributed by atoms with Crippen LogP contribution in [0.2, 0.25) is 5.02 Å². The first-order valence-electron chi connectivity index (χ1n) is 13.0. The number of ketones is 2. The van der Waals surface area contributed by atoms with Crippen LogP contribution in [0.15, 0.2) is 72.8 Å². The van der Waals surface area contributed by atoms with Crippen molar-refractivity contribution in [1.29, 1.82) is 0 Å². The van der Waals surface area contributed by atoms with E-state index in [4.69, 9.17) is 16.3 Å². The molecule has 3 heterocycles. The Morgan fingerprint density at radius 1 is 1.03 bits per heavy atom. The SMILES string of the molecule is COc1ccc2c(c1)C=C[C@H]1N2[C@H](C(=O)C(C)(C)C)[C@H](C(=O)c2ccc(Cl)cc2)[C@]12C(=O)Nc1ccccc12. The van der Waals surface area contributed by atoms with Gasteiger partial charge in [0, 0.05) is 32.9 Å². The summed E-state index contributed by atoms with van der Waals surface area (Å²) in [5.74, 6) is -0.958. The number of hydrogen-bond donors (Lipinski definition) is 1. The van der Waals surface area contributed by atoms with Gasteiger partial charge >= 0.3 is 0 Å². The van der Waals surface area contributed by atoms with Crippen LogP contribution in [0.4, 0.5) is 11.4 Å². The highest BCUT2D eigenvalue weighted by Crippen LogP contribution is 2.58. The molecule has 6 nitrogen and oxygen atoms in total. The summed E-state index contributed by atoms with van der Waals surface area (Å²) < 4.78 is 5.46. The molecule has 1 saturated heterocycles. The lowest BCUT2D eigenvalue weighted by Gasteiger charge is -2.38. The standard InChI is InChI=1S/C32H29ClN2O4/c1-31(2,3)29(37)27-26(28(36)18-9-12-20(33)13-10-18)32(22-7-5-6-8-23(22)34-30(32)38)25-16-11-19-17-21(39-4)14-15-24(19)35(25)27/h5-17,25-27H,1-4H3,(H,34,38)/t25-,26-,27+,32-/m1/s1. The summed E-state index contributed by atoms with van der Waals surface area (Å²) in [4.78, 5) is 45.3. The predicted molar refractivity (Wildman–Crippen MR) is 153 cm³/mol. The second kappa shape index (κ2) is 8.82. The molecule has 3 aromatic rings. The van der Waals surface area contributed by atoms with Crippen molar-refractivity contribution in [3.63, 3.8) is 0 Å². The molecule has 1 amide bonds. The Labute approximate surface area is 232 Å². The van der Waals surface area contributed by atoms with E-state index >= 15 is 0 Å². The molecule has 1 N–H and O–H groups in total. The van der Waals surface area contributed by atoms with Crippen LogP contribution >= 0.6 is 11.6 Å². The zero-order valence-corrected chi connectivity index (χ0v) is 23.0. The van der Waals surface area contributed by atoms with Gasteiger partial charge in [-0.25, -0.2) is 0 Å². The second-order valence-electron chi connectivity index (χ2n) is 11.4. The van der Waals surface area contributed by atoms with Crippen molar-refractivity contribution in [1.82, 2.24) is 0 Å². The number of amides is 1. The van der Waals surface area contributed by atoms with Crippen molar-refractivity contribution in [2.24, 2.45) is 11.3 Å². The monoisotopic (exact) mass is 540 g/mol. The van der Waals surface area contributed by atoms with Gasteiger partial charge in [-0.05, 0) is 54.1 Å². The number of hydrogen-bond acceptors (Lipinski definition) is 5. The van der Waals surface area contributed by atoms with Crippen molar-refractivity contribution < 1.29 is 19.1 Å². The van der Waals surface area contributed by atoms with Gasteiger partial charge in [-0.2, -0.15) is 0 Å². The summed E-state index contributed by atoms with van der Waals surface area (Å²) in [5.41, 5.74) is 1.34. The van der Waals surface area contributed by atoms with Crippen molar-refractivity contribution >= 4 is 46.5 Å². The van der Waals surface area contributed by atoms with E-state index in [0.717, 1.165) is 16.8 Å². The molecule has 0 aromatic heterocycles. The van der Waals surface area contributed by atoms with Crippen LogP contribution in [0.25, 0.3) is 6.08 Å². The van der Waals surface area contributed by atoms with Gasteiger partial charge in [0.1, 0.15) is 17.2 Å². The molecule has 3 aliphatic heterocycles. The molecule has 4 atom stereocenters. The number of methoxy groups -OCH3 is 1. The molecule has 6 rings (SSSR count). The maximum Gasteiger partial charge on any atom is 0.238 e. The van der Waals surface area contributed by atoms with E-state index in [1.165, 1.54) is 0 Å². The summed E-state index contributed by atoms with van der Waals surface area (Å²) in [6.07, 6.45) is 3.92. The number of para-hydroxylation sites is 1. The van der Waals surface area contributed by atoms with E-state index in [1.54, 1.807) is 31.4 Å². The van der Waals surface area contributed by atoms with Gasteiger partial charge in [0.2, 0.25) is 5.91 Å². The van der Waals surface area contributed by atoms with Gasteiger partial charge in [0.15, 0.2) is 11.6 Å². The smallest absolute Gasteiger partial charge is 0.238 e. The van der Waals surface area contributed by atoms with Crippen molar-refractivity contribution in [3.05, 3.63) is 94.5 Å². The quantitative estimate of drug-likeness (QED) is 0.415. The fourth-order valence-electron chi connectivity index (χ4n) is 6.52. The minimum Gasteiger partial charge on any atom is -0.497 e. The average molecular weight is 541 g/mol. The lowest BCUT2D eigenvalue weighted by Crippen LogP contribution is -2.51. The molecule has 1 spiro atoms. The number of nitrogens with zero attached hydrogens (tertiary/aromatic N) is 1. The number of carbonyl (C=O) groups excluding carboxylic acids is 3. The third kappa shape index (κ3) is 3.58. The van der Waals surface area contributed by atoms with E-state index < -0.39 is 28.8 Å². The van der Waals surface area contributed by atoms with E-state index in [0.29, 0.717) is 22.0 Å². The molecule has 39 heavy (non-hydrogen) atoms. The van der Waals surface area contributed by atoms with Gasteiger partial charge < -0.3 is 15.0 Å². The molecule has 0 aliphatic carbocycles. The topological polar surface area (TPSA) is 75.7 Å². The highest BCUT2D eigenvalue weighted by atomic mass is 35.5. The largest absolute Gasteiger partial charge is 0.497 e. The van der Waals surface area contributed by atoms with Crippen LogP contribution in [-0.2, 0) is 15.0 Å². The van der Waals surface area contributed by atoms with Gasteiger partial charge in [0.25, 0.3) is 0 Å². The number of Topliss-reactive ketones (excluding diaryl/α,β-unsaturated/α-hetero) is 2. The molecule has 0 saturated carbocycles. The van der Waals surface area contributed by atoms with Crippen LogP contribution in [0.5, 0.6) is 5.75 Å². The van der Waals surface area contributed by atoms with Crippen LogP contribution in [-0.4, -0.2) is 36.7 Å². The molecule has 7 heteroatoms. The number of halogens is 1. The van der Waals surface area contributed by atoms with Crippen LogP contribution < -0.4 is 15.0 Å². The molecule has 3 aliphatic rings. The third-order valence-corrected chi connectivity index (χ3v) is 8.51. The highest BCUT2D eigenvalue weighted by Gasteiger charge is 2.70. The number of carbonyl (C=O) groups is 3. The number of nitrogens with one attached hydrogen (secondary N) is 1. The number of fused-ring (bicyclic) bond motifs is 6. The minimum absolute atomic E-state index is 0.106. The first-order chi connectivity index (χ1) is 18.6. The van der Waals surface area contributed by atoms with E-state index in [9.17, 15) is 14.4 Å². The molecular weight excluding hydrogens is 512 g/mol. The summed E-state index contributed by atoms with van der Waals surface area (Å²) >= 11 is 6.15. The maximum atomic E-state index is 14.6. The summed E-state index contributed by atoms with van der Waals surface area (Å²) in [6.45, 7) is 5.57. The van der Waals surface area contributed by atoms with E-state index in [1.807, 2.05) is 80.3 Å². The van der Waals surface area contributed by atoms with Crippen molar-refractivity contribution in [2.45, 2.75) is 38.3 Å². The lowest BCUT2D eigenvalue weighted by atomic mass is 9.63. The Kier molecular flexibility index (Phi) is 5.74. The maximum absolute atomic E-state index is 14.6. The summed E-state index contributed by atoms with van der Waals surface area (Å²) in [5, 5.41) is 3.55. The van der Waals surface area contributed by atoms with E-state index in [2.05, 4.69) is 5.32 Å². The zero-order valence-electron chi connectivity index (χ0n) is 22.2. The number of rotatable bonds is 4. The Morgan fingerprint density at radius 2 is 1.74 bits per heavy atom. The van der Waals surface area contributed by atoms with Crippen molar-refractivity contribution in [2.75, 3.05) is 17.3 Å². The highest BCUT2D eigenvalue weighted by molar-refractivity contribution is 6.30. The van der Waals surface area contributed by atoms with Crippen molar-refractivity contribution in [3.8, 4) is 5.75 Å². The second-order valence-corrected chi connectivity index (χ2v) is 11.8. The number of anilines is 2. The molecule has 198 valence electrons. The Morgan fingerprint density at radius 3 is 2.44 bits per heavy atom. The number of benzene rings is 3. The Bertz CT molecular complexity index is 1560. The van der Waals surface area contributed by atoms with Gasteiger partial charge in [-0.1, -0.05) is 62.7 Å². The van der Waals surface area contributed by atoms with Gasteiger partial charge in [-0.3, -0.25) is 14.4 Å². The molecule has 0 radical (unpaired) electrons. The third-order valence-electron chi connectivity index (χ3n) is 8.26. The predicted octanol–water partition coefficient (Wildman–Crippen LogP) is 5.94. The van der Waals surface area contributed by atoms with Gasteiger partial charge in [0.05, 0.1) is 19.1 Å². The molecular formula is C32H29ClN2O4. The zero-order chi connectivity index (χ0) is 27.7. The first-order valence-corrected chi connectivity index (χ1v) is 13.4. The van der Waals surface area contributed by atoms with Gasteiger partial charge in [-0.15, -0.1) is 0 Å². The fourth-order valence-corrected chi connectivity index (χ4v) is 6.65. The minimum atomic E-state index is -1.33. The molecule has 3 aromatic carbocycles. The normalized spacial score (nSPS) is 24.7. The number of ether oxygens (including phenoxy) is 1. The van der Waals surface area contributed by atoms with E-state index in [-0.39, 0.29) is 17.5 Å². The Hall–Kier alpha value is -3.90. The molecule has 1 fully saturated rings. The van der Waals surface area contributed by atoms with Crippen LogP contribution in [0, 0.1) is 11.3 Å². The molecule has 0 unspecified atom stereocenters. The van der Waals surface area contributed by atoms with Crippen LogP contribution in [0.1, 0.15) is 42.3 Å². The summed E-state index contributed by atoms with van der Waals surface area (Å²) in [7, 11) is 1.61. The first kappa shape index (κ1) is 25.4. The molecule has 0 bridgehead atoms. The summed E-state index contributed by atoms with van der Waals surface area (Å²) in [6, 6.07) is 18.3. The van der Waals surface area contributed by atoms with Crippen LogP contribution in [0.3, 0.4) is 0 Å². The lowest BCUT2D eigenvalue weighted by molar-refractivity contribution is -0.128. The average Bonchev–Trinajstić information content (AvgIpc) is 3.40. The fraction of sp³-hybridized carbons (Fsp3) is 0.281. The Balaban J connectivity index is 1.67.